The van der Waals surface area contributed by atoms with Gasteiger partial charge in [-0.1, -0.05) is 6.92 Å². The summed E-state index contributed by atoms with van der Waals surface area (Å²) < 4.78 is 47.0. The highest BCUT2D eigenvalue weighted by Crippen LogP contribution is 2.34. The standard InChI is InChI=1S/C23H29F3N4O3/c1-2-22(32,23(24,25)26)13-28-16-4-6-17(7-5-16)29-21(31)15-3-8-20-18(11-15)19-12-27-14-30(19)9-10-33-20/h3,8,11-12,14,16-17,28,32H,2,4-7,9-10,13H2,1H3,(H,29,31). The van der Waals surface area contributed by atoms with Crippen molar-refractivity contribution < 1.29 is 27.8 Å². The number of halogens is 3. The predicted octanol–water partition coefficient (Wildman–Crippen LogP) is 3.28. The van der Waals surface area contributed by atoms with Gasteiger partial charge in [-0.25, -0.2) is 4.98 Å². The molecule has 1 fully saturated rings. The number of nitrogens with zero attached hydrogens (tertiary/aromatic N) is 2. The molecule has 1 aliphatic carbocycles. The SMILES string of the molecule is CCC(O)(CNC1CCC(NC(=O)c2ccc3c(c2)-c2cncn2CCO3)CC1)C(F)(F)F. The molecule has 1 saturated carbocycles. The minimum atomic E-state index is -4.67. The average Bonchev–Trinajstić information content (AvgIpc) is 3.19. The number of ether oxygens (including phenoxy) is 1. The Kier molecular flexibility index (Phi) is 6.67. The van der Waals surface area contributed by atoms with Crippen molar-refractivity contribution in [2.45, 2.75) is 69.4 Å². The van der Waals surface area contributed by atoms with Crippen LogP contribution in [-0.4, -0.2) is 57.6 Å². The summed E-state index contributed by atoms with van der Waals surface area (Å²) in [6, 6.07) is 5.16. The van der Waals surface area contributed by atoms with Crippen molar-refractivity contribution in [3.8, 4) is 17.0 Å². The molecule has 1 amide bonds. The lowest BCUT2D eigenvalue weighted by Crippen LogP contribution is -2.54. The molecule has 0 bridgehead atoms. The number of nitrogens with one attached hydrogen (secondary N) is 2. The molecule has 2 aliphatic rings. The summed E-state index contributed by atoms with van der Waals surface area (Å²) in [7, 11) is 0. The van der Waals surface area contributed by atoms with Crippen LogP contribution in [0.4, 0.5) is 13.2 Å². The van der Waals surface area contributed by atoms with Crippen LogP contribution in [0.1, 0.15) is 49.4 Å². The van der Waals surface area contributed by atoms with Crippen molar-refractivity contribution in [3.05, 3.63) is 36.3 Å². The van der Waals surface area contributed by atoms with E-state index in [0.717, 1.165) is 11.3 Å². The normalized spacial score (nSPS) is 22.3. The molecule has 1 unspecified atom stereocenters. The summed E-state index contributed by atoms with van der Waals surface area (Å²) in [6.07, 6.45) is 0.976. The first-order valence-corrected chi connectivity index (χ1v) is 11.3. The van der Waals surface area contributed by atoms with Crippen LogP contribution in [0.3, 0.4) is 0 Å². The first-order chi connectivity index (χ1) is 15.7. The van der Waals surface area contributed by atoms with Gasteiger partial charge in [0, 0.05) is 29.8 Å². The molecule has 1 atom stereocenters. The van der Waals surface area contributed by atoms with Crippen molar-refractivity contribution in [1.29, 1.82) is 0 Å². The fourth-order valence-corrected chi connectivity index (χ4v) is 4.42. The zero-order valence-corrected chi connectivity index (χ0v) is 18.5. The number of alkyl halides is 3. The van der Waals surface area contributed by atoms with Crippen LogP contribution in [0.5, 0.6) is 5.75 Å². The minimum absolute atomic E-state index is 0.0520. The van der Waals surface area contributed by atoms with E-state index in [1.807, 2.05) is 4.57 Å². The van der Waals surface area contributed by atoms with E-state index in [9.17, 15) is 23.1 Å². The maximum Gasteiger partial charge on any atom is 0.418 e. The van der Waals surface area contributed by atoms with Crippen LogP contribution in [-0.2, 0) is 6.54 Å². The zero-order valence-electron chi connectivity index (χ0n) is 18.5. The summed E-state index contributed by atoms with van der Waals surface area (Å²) in [5, 5.41) is 15.8. The van der Waals surface area contributed by atoms with Gasteiger partial charge < -0.3 is 25.0 Å². The van der Waals surface area contributed by atoms with E-state index >= 15 is 0 Å². The number of aliphatic hydroxyl groups is 1. The van der Waals surface area contributed by atoms with E-state index in [-0.39, 0.29) is 18.0 Å². The Morgan fingerprint density at radius 2 is 1.97 bits per heavy atom. The lowest BCUT2D eigenvalue weighted by Gasteiger charge is -2.34. The summed E-state index contributed by atoms with van der Waals surface area (Å²) in [5.41, 5.74) is -0.485. The van der Waals surface area contributed by atoms with Gasteiger partial charge in [0.2, 0.25) is 0 Å². The van der Waals surface area contributed by atoms with Gasteiger partial charge in [-0.15, -0.1) is 0 Å². The van der Waals surface area contributed by atoms with E-state index in [1.54, 1.807) is 30.7 Å². The lowest BCUT2D eigenvalue weighted by atomic mass is 9.90. The Hall–Kier alpha value is -2.59. The number of fused-ring (bicyclic) bond motifs is 3. The number of hydrogen-bond donors (Lipinski definition) is 3. The third-order valence-electron chi connectivity index (χ3n) is 6.68. The number of benzene rings is 1. The average molecular weight is 467 g/mol. The summed E-state index contributed by atoms with van der Waals surface area (Å²) >= 11 is 0. The second-order valence-electron chi connectivity index (χ2n) is 8.82. The maximum atomic E-state index is 13.1. The van der Waals surface area contributed by atoms with Crippen LogP contribution in [0.15, 0.2) is 30.7 Å². The Morgan fingerprint density at radius 3 is 2.67 bits per heavy atom. The van der Waals surface area contributed by atoms with E-state index in [1.165, 1.54) is 6.92 Å². The molecule has 10 heteroatoms. The predicted molar refractivity (Wildman–Crippen MR) is 116 cm³/mol. The van der Waals surface area contributed by atoms with Crippen molar-refractivity contribution in [2.24, 2.45) is 0 Å². The monoisotopic (exact) mass is 466 g/mol. The van der Waals surface area contributed by atoms with Crippen LogP contribution in [0.2, 0.25) is 0 Å². The van der Waals surface area contributed by atoms with E-state index in [2.05, 4.69) is 15.6 Å². The van der Waals surface area contributed by atoms with Crippen molar-refractivity contribution in [2.75, 3.05) is 13.2 Å². The lowest BCUT2D eigenvalue weighted by molar-refractivity contribution is -0.259. The molecule has 3 N–H and O–H groups in total. The molecule has 0 radical (unpaired) electrons. The number of aromatic nitrogens is 2. The van der Waals surface area contributed by atoms with Crippen molar-refractivity contribution >= 4 is 5.91 Å². The highest BCUT2D eigenvalue weighted by Gasteiger charge is 2.52. The van der Waals surface area contributed by atoms with Gasteiger partial charge in [0.25, 0.3) is 5.91 Å². The number of rotatable bonds is 6. The van der Waals surface area contributed by atoms with Crippen LogP contribution in [0.25, 0.3) is 11.3 Å². The van der Waals surface area contributed by atoms with Crippen LogP contribution in [0, 0.1) is 0 Å². The third-order valence-corrected chi connectivity index (χ3v) is 6.68. The summed E-state index contributed by atoms with van der Waals surface area (Å²) in [6.45, 7) is 2.01. The molecular formula is C23H29F3N4O3. The first kappa shape index (κ1) is 23.6. The topological polar surface area (TPSA) is 88.4 Å². The smallest absolute Gasteiger partial charge is 0.418 e. The molecular weight excluding hydrogens is 437 g/mol. The fourth-order valence-electron chi connectivity index (χ4n) is 4.42. The molecule has 180 valence electrons. The zero-order chi connectivity index (χ0) is 23.6. The molecule has 1 aromatic carbocycles. The molecule has 0 saturated heterocycles. The number of carbonyl (C=O) groups is 1. The number of amides is 1. The Bertz CT molecular complexity index is 986. The minimum Gasteiger partial charge on any atom is -0.491 e. The molecule has 2 heterocycles. The highest BCUT2D eigenvalue weighted by molar-refractivity contribution is 5.96. The van der Waals surface area contributed by atoms with Crippen LogP contribution < -0.4 is 15.4 Å². The Morgan fingerprint density at radius 1 is 1.24 bits per heavy atom. The molecule has 2 aromatic rings. The number of imidazole rings is 1. The van der Waals surface area contributed by atoms with Crippen LogP contribution >= 0.6 is 0 Å². The van der Waals surface area contributed by atoms with Gasteiger partial charge in [-0.2, -0.15) is 13.2 Å². The second-order valence-corrected chi connectivity index (χ2v) is 8.82. The largest absolute Gasteiger partial charge is 0.491 e. The summed E-state index contributed by atoms with van der Waals surface area (Å²) in [4.78, 5) is 17.1. The molecule has 1 aliphatic heterocycles. The van der Waals surface area contributed by atoms with Crippen molar-refractivity contribution in [1.82, 2.24) is 20.2 Å². The van der Waals surface area contributed by atoms with E-state index < -0.39 is 24.7 Å². The Balaban J connectivity index is 1.33. The molecule has 33 heavy (non-hydrogen) atoms. The van der Waals surface area contributed by atoms with E-state index in [4.69, 9.17) is 4.74 Å². The van der Waals surface area contributed by atoms with Gasteiger partial charge in [-0.3, -0.25) is 4.79 Å². The Labute approximate surface area is 190 Å². The van der Waals surface area contributed by atoms with Gasteiger partial charge in [-0.05, 0) is 50.3 Å². The number of hydrogen-bond acceptors (Lipinski definition) is 5. The quantitative estimate of drug-likeness (QED) is 0.608. The number of carbonyl (C=O) groups excluding carboxylic acids is 1. The van der Waals surface area contributed by atoms with Crippen molar-refractivity contribution in [3.63, 3.8) is 0 Å². The van der Waals surface area contributed by atoms with Gasteiger partial charge in [0.1, 0.15) is 12.4 Å². The van der Waals surface area contributed by atoms with Gasteiger partial charge in [0.05, 0.1) is 24.8 Å². The maximum absolute atomic E-state index is 13.1. The molecule has 1 aromatic heterocycles. The van der Waals surface area contributed by atoms with E-state index in [0.29, 0.717) is 50.1 Å². The van der Waals surface area contributed by atoms with Gasteiger partial charge in [0.15, 0.2) is 5.60 Å². The first-order valence-electron chi connectivity index (χ1n) is 11.3. The second kappa shape index (κ2) is 9.34. The fraction of sp³-hybridized carbons (Fsp3) is 0.565. The molecule has 7 nitrogen and oxygen atoms in total. The summed E-state index contributed by atoms with van der Waals surface area (Å²) in [5.74, 6) is 0.519. The highest BCUT2D eigenvalue weighted by atomic mass is 19.4. The molecule has 0 spiro atoms. The third kappa shape index (κ3) is 5.01. The molecule has 4 rings (SSSR count). The van der Waals surface area contributed by atoms with Gasteiger partial charge >= 0.3 is 6.18 Å².